The highest BCUT2D eigenvalue weighted by Crippen LogP contribution is 2.50. The summed E-state index contributed by atoms with van der Waals surface area (Å²) in [6.07, 6.45) is 7.55. The third-order valence-corrected chi connectivity index (χ3v) is 6.30. The van der Waals surface area contributed by atoms with E-state index in [9.17, 15) is 0 Å². The van der Waals surface area contributed by atoms with Crippen LogP contribution in [0.4, 0.5) is 0 Å². The molecule has 0 amide bonds. The average Bonchev–Trinajstić information content (AvgIpc) is 3.10. The molecule has 0 unspecified atom stereocenters. The van der Waals surface area contributed by atoms with E-state index in [2.05, 4.69) is 42.5 Å². The van der Waals surface area contributed by atoms with Crippen molar-refractivity contribution in [1.29, 1.82) is 0 Å². The van der Waals surface area contributed by atoms with Crippen LogP contribution in [0.5, 0.6) is 11.5 Å². The fourth-order valence-corrected chi connectivity index (χ4v) is 5.31. The first-order valence-electron chi connectivity index (χ1n) is 7.27. The molecule has 0 spiro atoms. The quantitative estimate of drug-likeness (QED) is 0.778. The van der Waals surface area contributed by atoms with Crippen LogP contribution in [0.1, 0.15) is 6.42 Å². The summed E-state index contributed by atoms with van der Waals surface area (Å²) in [5, 5.41) is 3.89. The lowest BCUT2D eigenvalue weighted by atomic mass is 10.3. The first-order valence-corrected chi connectivity index (χ1v) is 8.61. The minimum atomic E-state index is -0.657. The van der Waals surface area contributed by atoms with E-state index in [4.69, 9.17) is 9.47 Å². The van der Waals surface area contributed by atoms with E-state index in [-0.39, 0.29) is 0 Å². The maximum absolute atomic E-state index is 5.61. The molecule has 2 aromatic carbocycles. The second-order valence-corrected chi connectivity index (χ2v) is 7.18. The number of benzene rings is 2. The summed E-state index contributed by atoms with van der Waals surface area (Å²) >= 11 is 0. The largest absolute Gasteiger partial charge is 0.496 e. The molecule has 3 rings (SSSR count). The zero-order valence-electron chi connectivity index (χ0n) is 12.8. The molecule has 112 valence electrons. The van der Waals surface area contributed by atoms with Crippen LogP contribution in [0, 0.1) is 0 Å². The lowest BCUT2D eigenvalue weighted by molar-refractivity contribution is 0.417. The second kappa shape index (κ2) is 6.81. The van der Waals surface area contributed by atoms with Crippen molar-refractivity contribution in [3.8, 4) is 11.5 Å². The van der Waals surface area contributed by atoms with Crippen LogP contribution >= 0.6 is 7.92 Å². The van der Waals surface area contributed by atoms with Crippen LogP contribution in [0.2, 0.25) is 0 Å². The minimum Gasteiger partial charge on any atom is -0.496 e. The number of hydrogen-bond acceptors (Lipinski definition) is 2. The van der Waals surface area contributed by atoms with E-state index in [1.807, 2.05) is 24.3 Å². The molecule has 0 heterocycles. The molecule has 0 radical (unpaired) electrons. The van der Waals surface area contributed by atoms with Crippen molar-refractivity contribution in [2.75, 3.05) is 14.2 Å². The maximum atomic E-state index is 5.61. The smallest absolute Gasteiger partial charge is 0.127 e. The SMILES string of the molecule is COc1ccccc1P(C1=CC=CC1)c1ccccc1OC. The van der Waals surface area contributed by atoms with Gasteiger partial charge in [0.1, 0.15) is 11.5 Å². The Morgan fingerprint density at radius 2 is 1.36 bits per heavy atom. The first kappa shape index (κ1) is 14.9. The summed E-state index contributed by atoms with van der Waals surface area (Å²) < 4.78 is 11.2. The summed E-state index contributed by atoms with van der Waals surface area (Å²) in [5.74, 6) is 1.87. The van der Waals surface area contributed by atoms with Crippen molar-refractivity contribution in [1.82, 2.24) is 0 Å². The predicted octanol–water partition coefficient (Wildman–Crippen LogP) is 3.98. The van der Waals surface area contributed by atoms with Crippen LogP contribution in [0.25, 0.3) is 0 Å². The minimum absolute atomic E-state index is 0.657. The molecule has 0 fully saturated rings. The number of methoxy groups -OCH3 is 2. The molecule has 0 saturated heterocycles. The average molecular weight is 310 g/mol. The molecule has 22 heavy (non-hydrogen) atoms. The summed E-state index contributed by atoms with van der Waals surface area (Å²) in [4.78, 5) is 0. The second-order valence-electron chi connectivity index (χ2n) is 4.97. The summed E-state index contributed by atoms with van der Waals surface area (Å²) in [6, 6.07) is 16.6. The number of rotatable bonds is 5. The topological polar surface area (TPSA) is 18.5 Å². The third-order valence-electron chi connectivity index (χ3n) is 3.69. The van der Waals surface area contributed by atoms with Gasteiger partial charge in [0.25, 0.3) is 0 Å². The molecule has 0 aromatic heterocycles. The Balaban J connectivity index is 2.16. The van der Waals surface area contributed by atoms with E-state index in [1.54, 1.807) is 14.2 Å². The van der Waals surface area contributed by atoms with E-state index in [0.29, 0.717) is 0 Å². The van der Waals surface area contributed by atoms with Gasteiger partial charge < -0.3 is 9.47 Å². The van der Waals surface area contributed by atoms with Gasteiger partial charge in [-0.2, -0.15) is 0 Å². The zero-order valence-corrected chi connectivity index (χ0v) is 13.7. The standard InChI is InChI=1S/C19H19O2P/c1-20-16-11-5-7-13-18(16)22(15-9-3-4-10-15)19-14-8-6-12-17(19)21-2/h3-9,11-14H,10H2,1-2H3. The van der Waals surface area contributed by atoms with Crippen LogP contribution in [0.3, 0.4) is 0 Å². The van der Waals surface area contributed by atoms with Crippen LogP contribution in [0.15, 0.2) is 72.1 Å². The highest BCUT2D eigenvalue weighted by molar-refractivity contribution is 7.77. The number of allylic oxidation sites excluding steroid dienone is 4. The lowest BCUT2D eigenvalue weighted by Crippen LogP contribution is -2.16. The number of para-hydroxylation sites is 2. The van der Waals surface area contributed by atoms with E-state index < -0.39 is 7.92 Å². The normalized spacial score (nSPS) is 13.3. The van der Waals surface area contributed by atoms with Crippen LogP contribution < -0.4 is 20.1 Å². The Morgan fingerprint density at radius 1 is 0.818 bits per heavy atom. The molecule has 1 aliphatic rings. The van der Waals surface area contributed by atoms with Gasteiger partial charge in [-0.05, 0) is 31.8 Å². The molecule has 0 saturated carbocycles. The van der Waals surface area contributed by atoms with Gasteiger partial charge >= 0.3 is 0 Å². The molecule has 0 bridgehead atoms. The molecule has 1 aliphatic carbocycles. The summed E-state index contributed by atoms with van der Waals surface area (Å²) in [6.45, 7) is 0. The van der Waals surface area contributed by atoms with Crippen molar-refractivity contribution in [3.63, 3.8) is 0 Å². The highest BCUT2D eigenvalue weighted by Gasteiger charge is 2.24. The van der Waals surface area contributed by atoms with Crippen molar-refractivity contribution in [3.05, 3.63) is 72.1 Å². The van der Waals surface area contributed by atoms with Gasteiger partial charge in [-0.1, -0.05) is 54.6 Å². The molecule has 0 aliphatic heterocycles. The van der Waals surface area contributed by atoms with E-state index in [1.165, 1.54) is 15.9 Å². The van der Waals surface area contributed by atoms with Gasteiger partial charge in [0.2, 0.25) is 0 Å². The Labute approximate surface area is 132 Å². The summed E-state index contributed by atoms with van der Waals surface area (Å²) in [7, 11) is 2.81. The number of hydrogen-bond donors (Lipinski definition) is 0. The van der Waals surface area contributed by atoms with Gasteiger partial charge in [0.15, 0.2) is 0 Å². The molecule has 0 atom stereocenters. The van der Waals surface area contributed by atoms with Gasteiger partial charge in [-0.15, -0.1) is 0 Å². The summed E-state index contributed by atoms with van der Waals surface area (Å²) in [5.41, 5.74) is 0. The monoisotopic (exact) mass is 310 g/mol. The molecular formula is C19H19O2P. The lowest BCUT2D eigenvalue weighted by Gasteiger charge is -2.24. The fraction of sp³-hybridized carbons (Fsp3) is 0.158. The Bertz CT molecular complexity index is 671. The molecule has 0 N–H and O–H groups in total. The van der Waals surface area contributed by atoms with Gasteiger partial charge in [-0.25, -0.2) is 0 Å². The van der Waals surface area contributed by atoms with E-state index in [0.717, 1.165) is 17.9 Å². The van der Waals surface area contributed by atoms with Crippen molar-refractivity contribution in [2.24, 2.45) is 0 Å². The van der Waals surface area contributed by atoms with Crippen LogP contribution in [-0.4, -0.2) is 14.2 Å². The van der Waals surface area contributed by atoms with Gasteiger partial charge in [0, 0.05) is 10.6 Å². The van der Waals surface area contributed by atoms with Gasteiger partial charge in [-0.3, -0.25) is 0 Å². The molecule has 2 nitrogen and oxygen atoms in total. The van der Waals surface area contributed by atoms with Gasteiger partial charge in [0.05, 0.1) is 14.2 Å². The van der Waals surface area contributed by atoms with Crippen molar-refractivity contribution in [2.45, 2.75) is 6.42 Å². The van der Waals surface area contributed by atoms with Crippen molar-refractivity contribution < 1.29 is 9.47 Å². The van der Waals surface area contributed by atoms with Crippen molar-refractivity contribution >= 4 is 18.5 Å². The third kappa shape index (κ3) is 2.80. The predicted molar refractivity (Wildman–Crippen MR) is 94.0 cm³/mol. The maximum Gasteiger partial charge on any atom is 0.127 e. The fourth-order valence-electron chi connectivity index (χ4n) is 2.67. The zero-order chi connectivity index (χ0) is 15.4. The highest BCUT2D eigenvalue weighted by atomic mass is 31.1. The molecule has 3 heteroatoms. The Hall–Kier alpha value is -2.05. The first-order chi connectivity index (χ1) is 10.8. The molecular weight excluding hydrogens is 291 g/mol. The Morgan fingerprint density at radius 3 is 1.82 bits per heavy atom. The Kier molecular flexibility index (Phi) is 4.60. The molecule has 2 aromatic rings. The number of ether oxygens (including phenoxy) is 2. The van der Waals surface area contributed by atoms with Crippen LogP contribution in [-0.2, 0) is 0 Å². The van der Waals surface area contributed by atoms with E-state index >= 15 is 0 Å².